The summed E-state index contributed by atoms with van der Waals surface area (Å²) in [4.78, 5) is 0. The van der Waals surface area contributed by atoms with Crippen LogP contribution in [0.1, 0.15) is 49.6 Å². The number of fused-ring (bicyclic) bond motifs is 1. The zero-order valence-electron chi connectivity index (χ0n) is 11.6. The van der Waals surface area contributed by atoms with Crippen molar-refractivity contribution in [1.82, 2.24) is 0 Å². The van der Waals surface area contributed by atoms with Gasteiger partial charge in [-0.2, -0.15) is 0 Å². The van der Waals surface area contributed by atoms with E-state index in [1.807, 2.05) is 0 Å². The minimum absolute atomic E-state index is 0.0390. The van der Waals surface area contributed by atoms with E-state index in [9.17, 15) is 0 Å². The molecule has 0 amide bonds. The molecule has 0 saturated carbocycles. The largest absolute Gasteiger partial charge is 0.487 e. The Kier molecular flexibility index (Phi) is 3.48. The van der Waals surface area contributed by atoms with E-state index in [4.69, 9.17) is 21.1 Å². The summed E-state index contributed by atoms with van der Waals surface area (Å²) in [6.45, 7) is 5.13. The van der Waals surface area contributed by atoms with Gasteiger partial charge in [0.25, 0.3) is 0 Å². The maximum Gasteiger partial charge on any atom is 0.123 e. The van der Waals surface area contributed by atoms with Crippen LogP contribution in [0.3, 0.4) is 0 Å². The van der Waals surface area contributed by atoms with Crippen molar-refractivity contribution < 1.29 is 9.47 Å². The molecule has 1 fully saturated rings. The third-order valence-corrected chi connectivity index (χ3v) is 4.37. The van der Waals surface area contributed by atoms with Crippen molar-refractivity contribution in [3.05, 3.63) is 29.3 Å². The van der Waals surface area contributed by atoms with Crippen molar-refractivity contribution in [1.29, 1.82) is 0 Å². The highest BCUT2D eigenvalue weighted by molar-refractivity contribution is 6.20. The fraction of sp³-hybridized carbons (Fsp3) is 0.625. The van der Waals surface area contributed by atoms with Crippen molar-refractivity contribution in [2.45, 2.75) is 56.6 Å². The van der Waals surface area contributed by atoms with Crippen LogP contribution in [-0.4, -0.2) is 18.3 Å². The summed E-state index contributed by atoms with van der Waals surface area (Å²) in [5, 5.41) is 0.0390. The fourth-order valence-electron chi connectivity index (χ4n) is 3.02. The van der Waals surface area contributed by atoms with E-state index in [0.717, 1.165) is 31.6 Å². The SMILES string of the molecule is CC1(C)Cc2cc(C(Cl)CC3CCCO3)ccc2O1. The molecule has 0 bridgehead atoms. The Morgan fingerprint density at radius 1 is 1.42 bits per heavy atom. The van der Waals surface area contributed by atoms with Gasteiger partial charge >= 0.3 is 0 Å². The zero-order valence-corrected chi connectivity index (χ0v) is 12.4. The molecular weight excluding hydrogens is 260 g/mol. The summed E-state index contributed by atoms with van der Waals surface area (Å²) < 4.78 is 11.6. The molecule has 0 radical (unpaired) electrons. The summed E-state index contributed by atoms with van der Waals surface area (Å²) in [6.07, 6.45) is 4.51. The van der Waals surface area contributed by atoms with E-state index in [1.165, 1.54) is 17.5 Å². The average Bonchev–Trinajstić information content (AvgIpc) is 2.93. The van der Waals surface area contributed by atoms with E-state index in [1.54, 1.807) is 0 Å². The first kappa shape index (κ1) is 13.3. The lowest BCUT2D eigenvalue weighted by Gasteiger charge is -2.16. The Morgan fingerprint density at radius 2 is 2.26 bits per heavy atom. The summed E-state index contributed by atoms with van der Waals surface area (Å²) >= 11 is 6.54. The van der Waals surface area contributed by atoms with E-state index in [-0.39, 0.29) is 11.0 Å². The van der Waals surface area contributed by atoms with Crippen molar-refractivity contribution in [2.24, 2.45) is 0 Å². The van der Waals surface area contributed by atoms with Crippen molar-refractivity contribution in [2.75, 3.05) is 6.61 Å². The van der Waals surface area contributed by atoms with Crippen molar-refractivity contribution in [3.63, 3.8) is 0 Å². The van der Waals surface area contributed by atoms with Gasteiger partial charge in [-0.25, -0.2) is 0 Å². The van der Waals surface area contributed by atoms with Crippen molar-refractivity contribution in [3.8, 4) is 5.75 Å². The van der Waals surface area contributed by atoms with Gasteiger partial charge in [0.2, 0.25) is 0 Å². The smallest absolute Gasteiger partial charge is 0.123 e. The van der Waals surface area contributed by atoms with E-state index < -0.39 is 0 Å². The number of benzene rings is 1. The fourth-order valence-corrected chi connectivity index (χ4v) is 3.36. The second-order valence-electron chi connectivity index (χ2n) is 6.24. The normalized spacial score (nSPS) is 25.9. The zero-order chi connectivity index (χ0) is 13.5. The quantitative estimate of drug-likeness (QED) is 0.771. The van der Waals surface area contributed by atoms with Gasteiger partial charge in [0, 0.05) is 13.0 Å². The molecule has 19 heavy (non-hydrogen) atoms. The van der Waals surface area contributed by atoms with Gasteiger partial charge in [-0.15, -0.1) is 11.6 Å². The molecule has 104 valence electrons. The van der Waals surface area contributed by atoms with E-state index in [2.05, 4.69) is 32.0 Å². The Balaban J connectivity index is 1.72. The highest BCUT2D eigenvalue weighted by atomic mass is 35.5. The number of alkyl halides is 1. The molecule has 2 unspecified atom stereocenters. The molecule has 2 aliphatic heterocycles. The van der Waals surface area contributed by atoms with Crippen LogP contribution in [-0.2, 0) is 11.2 Å². The predicted molar refractivity (Wildman–Crippen MR) is 77.0 cm³/mol. The molecule has 0 N–H and O–H groups in total. The van der Waals surface area contributed by atoms with E-state index in [0.29, 0.717) is 6.10 Å². The van der Waals surface area contributed by atoms with Crippen LogP contribution < -0.4 is 4.74 Å². The Bertz CT molecular complexity index is 464. The number of hydrogen-bond donors (Lipinski definition) is 0. The number of ether oxygens (including phenoxy) is 2. The molecule has 3 rings (SSSR count). The predicted octanol–water partition coefficient (Wildman–Crippen LogP) is 4.25. The molecule has 1 aromatic rings. The molecule has 2 aliphatic rings. The average molecular weight is 281 g/mol. The van der Waals surface area contributed by atoms with Gasteiger partial charge in [0.05, 0.1) is 11.5 Å². The standard InChI is InChI=1S/C16H21ClO2/c1-16(2)10-12-8-11(5-6-15(12)19-16)14(17)9-13-4-3-7-18-13/h5-6,8,13-14H,3-4,7,9-10H2,1-2H3. The van der Waals surface area contributed by atoms with Crippen LogP contribution in [0, 0.1) is 0 Å². The third-order valence-electron chi connectivity index (χ3n) is 3.94. The Morgan fingerprint density at radius 3 is 3.00 bits per heavy atom. The first-order chi connectivity index (χ1) is 9.03. The maximum absolute atomic E-state index is 6.54. The summed E-state index contributed by atoms with van der Waals surface area (Å²) in [7, 11) is 0. The summed E-state index contributed by atoms with van der Waals surface area (Å²) in [6, 6.07) is 6.36. The van der Waals surface area contributed by atoms with Crippen LogP contribution >= 0.6 is 11.6 Å². The lowest BCUT2D eigenvalue weighted by atomic mass is 9.98. The lowest BCUT2D eigenvalue weighted by Crippen LogP contribution is -2.24. The Hall–Kier alpha value is -0.730. The molecule has 1 aromatic carbocycles. The topological polar surface area (TPSA) is 18.5 Å². The van der Waals surface area contributed by atoms with Crippen LogP contribution in [0.2, 0.25) is 0 Å². The van der Waals surface area contributed by atoms with Gasteiger partial charge in [0.15, 0.2) is 0 Å². The van der Waals surface area contributed by atoms with Crippen LogP contribution in [0.15, 0.2) is 18.2 Å². The molecule has 0 aliphatic carbocycles. The number of rotatable bonds is 3. The highest BCUT2D eigenvalue weighted by Crippen LogP contribution is 2.38. The monoisotopic (exact) mass is 280 g/mol. The lowest BCUT2D eigenvalue weighted by molar-refractivity contribution is 0.103. The Labute approximate surface area is 120 Å². The molecule has 2 heterocycles. The van der Waals surface area contributed by atoms with Crippen LogP contribution in [0.25, 0.3) is 0 Å². The third kappa shape index (κ3) is 2.90. The number of hydrogen-bond acceptors (Lipinski definition) is 2. The summed E-state index contributed by atoms with van der Waals surface area (Å²) in [5.41, 5.74) is 2.38. The minimum atomic E-state index is -0.0860. The first-order valence-corrected chi connectivity index (χ1v) is 7.55. The molecule has 0 aromatic heterocycles. The van der Waals surface area contributed by atoms with Crippen molar-refractivity contribution >= 4 is 11.6 Å². The minimum Gasteiger partial charge on any atom is -0.487 e. The molecular formula is C16H21ClO2. The van der Waals surface area contributed by atoms with Crippen LogP contribution in [0.5, 0.6) is 5.75 Å². The van der Waals surface area contributed by atoms with Gasteiger partial charge in [0.1, 0.15) is 11.4 Å². The highest BCUT2D eigenvalue weighted by Gasteiger charge is 2.30. The summed E-state index contributed by atoms with van der Waals surface area (Å²) in [5.74, 6) is 1.01. The van der Waals surface area contributed by atoms with E-state index >= 15 is 0 Å². The second-order valence-corrected chi connectivity index (χ2v) is 6.77. The second kappa shape index (κ2) is 4.99. The molecule has 3 heteroatoms. The number of halogens is 1. The molecule has 2 atom stereocenters. The van der Waals surface area contributed by atoms with Gasteiger partial charge in [-0.05, 0) is 50.3 Å². The maximum atomic E-state index is 6.54. The first-order valence-electron chi connectivity index (χ1n) is 7.11. The molecule has 1 saturated heterocycles. The molecule has 0 spiro atoms. The van der Waals surface area contributed by atoms with Crippen LogP contribution in [0.4, 0.5) is 0 Å². The van der Waals surface area contributed by atoms with Gasteiger partial charge in [-0.1, -0.05) is 12.1 Å². The van der Waals surface area contributed by atoms with Gasteiger partial charge < -0.3 is 9.47 Å². The van der Waals surface area contributed by atoms with Gasteiger partial charge in [-0.3, -0.25) is 0 Å². The molecule has 2 nitrogen and oxygen atoms in total.